The third-order valence-corrected chi connectivity index (χ3v) is 3.45. The van der Waals surface area contributed by atoms with Crippen molar-refractivity contribution in [3.8, 4) is 0 Å². The molecule has 0 N–H and O–H groups in total. The number of hydrogen-bond donors (Lipinski definition) is 0. The first-order valence-electron chi connectivity index (χ1n) is 6.31. The number of allylic oxidation sites excluding steroid dienone is 1. The van der Waals surface area contributed by atoms with Crippen molar-refractivity contribution in [2.75, 3.05) is 14.2 Å². The van der Waals surface area contributed by atoms with Gasteiger partial charge in [0.15, 0.2) is 0 Å². The zero-order chi connectivity index (χ0) is 14.9. The number of amides is 1. The fourth-order valence-corrected chi connectivity index (χ4v) is 2.13. The maximum absolute atomic E-state index is 12.2. The molecule has 0 fully saturated rings. The van der Waals surface area contributed by atoms with Crippen molar-refractivity contribution in [3.05, 3.63) is 52.2 Å². The second kappa shape index (κ2) is 5.33. The van der Waals surface area contributed by atoms with Gasteiger partial charge in [-0.1, -0.05) is 29.8 Å². The van der Waals surface area contributed by atoms with Crippen LogP contribution in [0.15, 0.2) is 41.1 Å². The monoisotopic (exact) mass is 271 g/mol. The van der Waals surface area contributed by atoms with E-state index in [4.69, 9.17) is 4.74 Å². The summed E-state index contributed by atoms with van der Waals surface area (Å²) in [7, 11) is 2.96. The highest BCUT2D eigenvalue weighted by molar-refractivity contribution is 6.16. The fraction of sp³-hybridized carbons (Fsp3) is 0.250. The molecule has 0 aliphatic carbocycles. The van der Waals surface area contributed by atoms with Crippen LogP contribution < -0.4 is 0 Å². The van der Waals surface area contributed by atoms with E-state index >= 15 is 0 Å². The predicted molar refractivity (Wildman–Crippen MR) is 76.6 cm³/mol. The minimum absolute atomic E-state index is 0.191. The molecule has 0 bridgehead atoms. The van der Waals surface area contributed by atoms with Crippen LogP contribution >= 0.6 is 0 Å². The van der Waals surface area contributed by atoms with E-state index in [1.807, 2.05) is 31.2 Å². The van der Waals surface area contributed by atoms with Crippen LogP contribution in [-0.4, -0.2) is 30.9 Å². The summed E-state index contributed by atoms with van der Waals surface area (Å²) in [5.41, 5.74) is 3.34. The number of hydrogen-bond acceptors (Lipinski definition) is 3. The molecule has 0 unspecified atom stereocenters. The molecule has 0 saturated carbocycles. The Morgan fingerprint density at radius 2 is 1.80 bits per heavy atom. The standard InChI is InChI=1S/C16H17NO3/c1-10-5-7-12(8-6-10)9-13-14(16(19)20-4)11(2)17(3)15(13)18/h5-9H,1-4H3/b13-9+. The summed E-state index contributed by atoms with van der Waals surface area (Å²) < 4.78 is 4.77. The van der Waals surface area contributed by atoms with Crippen molar-refractivity contribution in [2.45, 2.75) is 13.8 Å². The zero-order valence-corrected chi connectivity index (χ0v) is 12.1. The first-order chi connectivity index (χ1) is 9.45. The number of nitrogens with zero attached hydrogens (tertiary/aromatic N) is 1. The molecule has 20 heavy (non-hydrogen) atoms. The Balaban J connectivity index is 2.50. The highest BCUT2D eigenvalue weighted by atomic mass is 16.5. The molecule has 0 spiro atoms. The molecular formula is C16H17NO3. The number of methoxy groups -OCH3 is 1. The van der Waals surface area contributed by atoms with E-state index in [-0.39, 0.29) is 5.91 Å². The van der Waals surface area contributed by atoms with Gasteiger partial charge in [-0.15, -0.1) is 0 Å². The van der Waals surface area contributed by atoms with E-state index in [0.717, 1.165) is 11.1 Å². The SMILES string of the molecule is COC(=O)C1=C(C)N(C)C(=O)/C1=C/c1ccc(C)cc1. The van der Waals surface area contributed by atoms with Gasteiger partial charge in [-0.05, 0) is 25.5 Å². The van der Waals surface area contributed by atoms with E-state index < -0.39 is 5.97 Å². The third kappa shape index (κ3) is 2.37. The van der Waals surface area contributed by atoms with Crippen molar-refractivity contribution in [3.63, 3.8) is 0 Å². The summed E-state index contributed by atoms with van der Waals surface area (Å²) in [6.07, 6.45) is 1.72. The summed E-state index contributed by atoms with van der Waals surface area (Å²) in [6.45, 7) is 3.73. The average molecular weight is 271 g/mol. The Labute approximate surface area is 118 Å². The van der Waals surface area contributed by atoms with Crippen LogP contribution in [0.1, 0.15) is 18.1 Å². The largest absolute Gasteiger partial charge is 0.465 e. The Morgan fingerprint density at radius 1 is 1.20 bits per heavy atom. The zero-order valence-electron chi connectivity index (χ0n) is 12.1. The lowest BCUT2D eigenvalue weighted by atomic mass is 10.0. The van der Waals surface area contributed by atoms with Gasteiger partial charge in [-0.25, -0.2) is 4.79 Å². The van der Waals surface area contributed by atoms with Crippen LogP contribution in [0.5, 0.6) is 0 Å². The Morgan fingerprint density at radius 3 is 2.35 bits per heavy atom. The smallest absolute Gasteiger partial charge is 0.340 e. The van der Waals surface area contributed by atoms with E-state index in [1.54, 1.807) is 20.0 Å². The highest BCUT2D eigenvalue weighted by Gasteiger charge is 2.34. The van der Waals surface area contributed by atoms with Gasteiger partial charge in [0.1, 0.15) is 0 Å². The molecule has 1 aliphatic rings. The summed E-state index contributed by atoms with van der Waals surface area (Å²) in [5, 5.41) is 0. The molecule has 0 radical (unpaired) electrons. The van der Waals surface area contributed by atoms with Gasteiger partial charge in [-0.2, -0.15) is 0 Å². The van der Waals surface area contributed by atoms with Crippen LogP contribution in [0.2, 0.25) is 0 Å². The van der Waals surface area contributed by atoms with E-state index in [1.165, 1.54) is 12.0 Å². The molecule has 1 aromatic rings. The molecule has 0 atom stereocenters. The molecule has 1 aromatic carbocycles. The molecule has 2 rings (SSSR count). The minimum atomic E-state index is -0.487. The lowest BCUT2D eigenvalue weighted by molar-refractivity contribution is -0.136. The van der Waals surface area contributed by atoms with Crippen LogP contribution in [-0.2, 0) is 14.3 Å². The lowest BCUT2D eigenvalue weighted by Crippen LogP contribution is -2.19. The minimum Gasteiger partial charge on any atom is -0.465 e. The van der Waals surface area contributed by atoms with Crippen molar-refractivity contribution < 1.29 is 14.3 Å². The number of esters is 1. The Kier molecular flexibility index (Phi) is 3.74. The highest BCUT2D eigenvalue weighted by Crippen LogP contribution is 2.30. The van der Waals surface area contributed by atoms with Gasteiger partial charge < -0.3 is 9.64 Å². The van der Waals surface area contributed by atoms with Gasteiger partial charge in [0.2, 0.25) is 0 Å². The second-order valence-corrected chi connectivity index (χ2v) is 4.78. The predicted octanol–water partition coefficient (Wildman–Crippen LogP) is 2.30. The topological polar surface area (TPSA) is 46.6 Å². The molecule has 0 saturated heterocycles. The molecule has 1 aliphatic heterocycles. The third-order valence-electron chi connectivity index (χ3n) is 3.45. The Bertz CT molecular complexity index is 624. The van der Waals surface area contributed by atoms with Gasteiger partial charge in [0, 0.05) is 12.7 Å². The number of carbonyl (C=O) groups is 2. The fourth-order valence-electron chi connectivity index (χ4n) is 2.13. The van der Waals surface area contributed by atoms with Crippen LogP contribution in [0.4, 0.5) is 0 Å². The van der Waals surface area contributed by atoms with Crippen LogP contribution in [0.3, 0.4) is 0 Å². The maximum Gasteiger partial charge on any atom is 0.340 e. The quantitative estimate of drug-likeness (QED) is 0.612. The number of rotatable bonds is 2. The lowest BCUT2D eigenvalue weighted by Gasteiger charge is -2.08. The van der Waals surface area contributed by atoms with Crippen molar-refractivity contribution in [1.29, 1.82) is 0 Å². The number of benzene rings is 1. The van der Waals surface area contributed by atoms with Gasteiger partial charge in [0.05, 0.1) is 18.3 Å². The van der Waals surface area contributed by atoms with E-state index in [2.05, 4.69) is 0 Å². The molecule has 4 heteroatoms. The number of likely N-dealkylation sites (N-methyl/N-ethyl adjacent to an activating group) is 1. The summed E-state index contributed by atoms with van der Waals surface area (Å²) >= 11 is 0. The van der Waals surface area contributed by atoms with E-state index in [9.17, 15) is 9.59 Å². The van der Waals surface area contributed by atoms with Gasteiger partial charge in [-0.3, -0.25) is 4.79 Å². The molecule has 4 nitrogen and oxygen atoms in total. The van der Waals surface area contributed by atoms with Crippen LogP contribution in [0, 0.1) is 6.92 Å². The van der Waals surface area contributed by atoms with Crippen LogP contribution in [0.25, 0.3) is 6.08 Å². The second-order valence-electron chi connectivity index (χ2n) is 4.78. The number of carbonyl (C=O) groups excluding carboxylic acids is 2. The molecule has 0 aromatic heterocycles. The normalized spacial score (nSPS) is 17.1. The van der Waals surface area contributed by atoms with Crippen molar-refractivity contribution in [2.24, 2.45) is 0 Å². The summed E-state index contributed by atoms with van der Waals surface area (Å²) in [4.78, 5) is 25.6. The van der Waals surface area contributed by atoms with Crippen molar-refractivity contribution in [1.82, 2.24) is 4.90 Å². The Hall–Kier alpha value is -2.36. The molecule has 104 valence electrons. The molecular weight excluding hydrogens is 254 g/mol. The van der Waals surface area contributed by atoms with Crippen molar-refractivity contribution >= 4 is 18.0 Å². The first kappa shape index (κ1) is 14.1. The van der Waals surface area contributed by atoms with Gasteiger partial charge in [0.25, 0.3) is 5.91 Å². The first-order valence-corrected chi connectivity index (χ1v) is 6.31. The molecule has 1 heterocycles. The summed E-state index contributed by atoms with van der Waals surface area (Å²) in [6, 6.07) is 7.75. The van der Waals surface area contributed by atoms with Gasteiger partial charge >= 0.3 is 5.97 Å². The maximum atomic E-state index is 12.2. The number of ether oxygens (including phenoxy) is 1. The van der Waals surface area contributed by atoms with E-state index in [0.29, 0.717) is 16.8 Å². The molecule has 1 amide bonds. The number of aryl methyl sites for hydroxylation is 1. The average Bonchev–Trinajstić information content (AvgIpc) is 2.65. The summed E-state index contributed by atoms with van der Waals surface area (Å²) in [5.74, 6) is -0.679.